The minimum Gasteiger partial charge on any atom is -0.266 e. The molecule has 0 aliphatic carbocycles. The fraction of sp³-hybridized carbons (Fsp3) is 0.467. The molecule has 19 heavy (non-hydrogen) atoms. The Kier molecular flexibility index (Phi) is 4.20. The number of rotatable bonds is 4. The second-order valence-electron chi connectivity index (χ2n) is 5.28. The van der Waals surface area contributed by atoms with Gasteiger partial charge in [0.1, 0.15) is 0 Å². The zero-order chi connectivity index (χ0) is 14.0. The molecule has 2 heterocycles. The summed E-state index contributed by atoms with van der Waals surface area (Å²) in [6, 6.07) is 3.74. The van der Waals surface area contributed by atoms with Crippen LogP contribution in [-0.4, -0.2) is 15.7 Å². The van der Waals surface area contributed by atoms with Gasteiger partial charge in [0.05, 0.1) is 10.6 Å². The van der Waals surface area contributed by atoms with Crippen molar-refractivity contribution in [2.24, 2.45) is 5.92 Å². The van der Waals surface area contributed by atoms with Crippen molar-refractivity contribution in [2.45, 2.75) is 40.5 Å². The molecule has 102 valence electrons. The highest BCUT2D eigenvalue weighted by molar-refractivity contribution is 7.12. The number of hydrogen-bond acceptors (Lipinski definition) is 3. The molecule has 4 heteroatoms. The standard InChI is InChI=1S/C15H20N2OS/c1-10(2)7-8-13-11(3)16-17(12(13)4)15(18)14-6-5-9-19-14/h5-6,9-10H,7-8H2,1-4H3. The summed E-state index contributed by atoms with van der Waals surface area (Å²) < 4.78 is 1.55. The highest BCUT2D eigenvalue weighted by Crippen LogP contribution is 2.19. The van der Waals surface area contributed by atoms with Gasteiger partial charge in [-0.3, -0.25) is 4.79 Å². The molecule has 0 bridgehead atoms. The van der Waals surface area contributed by atoms with Crippen molar-refractivity contribution in [1.29, 1.82) is 0 Å². The van der Waals surface area contributed by atoms with E-state index in [9.17, 15) is 4.79 Å². The Bertz CT molecular complexity index is 567. The maximum Gasteiger partial charge on any atom is 0.288 e. The van der Waals surface area contributed by atoms with Gasteiger partial charge in [-0.1, -0.05) is 19.9 Å². The number of aryl methyl sites for hydroxylation is 1. The molecule has 0 aromatic carbocycles. The van der Waals surface area contributed by atoms with Crippen molar-refractivity contribution < 1.29 is 4.79 Å². The van der Waals surface area contributed by atoms with Crippen molar-refractivity contribution in [2.75, 3.05) is 0 Å². The van der Waals surface area contributed by atoms with E-state index in [1.807, 2.05) is 31.4 Å². The van der Waals surface area contributed by atoms with Gasteiger partial charge < -0.3 is 0 Å². The largest absolute Gasteiger partial charge is 0.288 e. The van der Waals surface area contributed by atoms with Gasteiger partial charge in [-0.05, 0) is 49.6 Å². The summed E-state index contributed by atoms with van der Waals surface area (Å²) >= 11 is 1.46. The van der Waals surface area contributed by atoms with Crippen LogP contribution in [0.3, 0.4) is 0 Å². The summed E-state index contributed by atoms with van der Waals surface area (Å²) in [5, 5.41) is 6.33. The lowest BCUT2D eigenvalue weighted by Gasteiger charge is -2.05. The maximum atomic E-state index is 12.3. The highest BCUT2D eigenvalue weighted by Gasteiger charge is 2.18. The first-order chi connectivity index (χ1) is 9.00. The summed E-state index contributed by atoms with van der Waals surface area (Å²) in [5.41, 5.74) is 3.18. The Morgan fingerprint density at radius 2 is 2.16 bits per heavy atom. The Balaban J connectivity index is 2.28. The molecule has 0 radical (unpaired) electrons. The molecule has 3 nitrogen and oxygen atoms in total. The Morgan fingerprint density at radius 3 is 2.74 bits per heavy atom. The second-order valence-corrected chi connectivity index (χ2v) is 6.22. The number of hydrogen-bond donors (Lipinski definition) is 0. The van der Waals surface area contributed by atoms with Gasteiger partial charge in [0.2, 0.25) is 0 Å². The van der Waals surface area contributed by atoms with E-state index in [1.165, 1.54) is 16.9 Å². The summed E-state index contributed by atoms with van der Waals surface area (Å²) in [4.78, 5) is 13.1. The van der Waals surface area contributed by atoms with E-state index < -0.39 is 0 Å². The van der Waals surface area contributed by atoms with Gasteiger partial charge in [0.15, 0.2) is 0 Å². The van der Waals surface area contributed by atoms with Crippen LogP contribution < -0.4 is 0 Å². The predicted molar refractivity (Wildman–Crippen MR) is 78.9 cm³/mol. The van der Waals surface area contributed by atoms with Gasteiger partial charge in [-0.15, -0.1) is 11.3 Å². The minimum absolute atomic E-state index is 0.0219. The molecule has 0 saturated carbocycles. The summed E-state index contributed by atoms with van der Waals surface area (Å²) in [6.07, 6.45) is 2.12. The molecule has 0 saturated heterocycles. The number of aromatic nitrogens is 2. The van der Waals surface area contributed by atoms with Gasteiger partial charge >= 0.3 is 0 Å². The first kappa shape index (κ1) is 14.0. The Labute approximate surface area is 118 Å². The lowest BCUT2D eigenvalue weighted by molar-refractivity contribution is 0.0946. The first-order valence-corrected chi connectivity index (χ1v) is 7.52. The van der Waals surface area contributed by atoms with Crippen molar-refractivity contribution in [1.82, 2.24) is 9.78 Å². The van der Waals surface area contributed by atoms with E-state index in [0.717, 1.165) is 29.1 Å². The quantitative estimate of drug-likeness (QED) is 0.850. The van der Waals surface area contributed by atoms with Crippen molar-refractivity contribution in [3.8, 4) is 0 Å². The van der Waals surface area contributed by atoms with Gasteiger partial charge in [0, 0.05) is 5.69 Å². The van der Waals surface area contributed by atoms with Crippen LogP contribution >= 0.6 is 11.3 Å². The van der Waals surface area contributed by atoms with Gasteiger partial charge in [0.25, 0.3) is 5.91 Å². The monoisotopic (exact) mass is 276 g/mol. The van der Waals surface area contributed by atoms with E-state index in [4.69, 9.17) is 0 Å². The molecule has 0 amide bonds. The third kappa shape index (κ3) is 2.95. The van der Waals surface area contributed by atoms with E-state index in [-0.39, 0.29) is 5.91 Å². The van der Waals surface area contributed by atoms with Crippen molar-refractivity contribution in [3.63, 3.8) is 0 Å². The fourth-order valence-electron chi connectivity index (χ4n) is 2.17. The lowest BCUT2D eigenvalue weighted by Crippen LogP contribution is -2.14. The molecule has 0 aliphatic heterocycles. The predicted octanol–water partition coefficient (Wildman–Crippen LogP) is 3.84. The molecule has 0 spiro atoms. The minimum atomic E-state index is -0.0219. The lowest BCUT2D eigenvalue weighted by atomic mass is 10.0. The smallest absolute Gasteiger partial charge is 0.266 e. The Morgan fingerprint density at radius 1 is 1.42 bits per heavy atom. The fourth-order valence-corrected chi connectivity index (χ4v) is 2.82. The van der Waals surface area contributed by atoms with E-state index in [1.54, 1.807) is 4.68 Å². The van der Waals surface area contributed by atoms with Gasteiger partial charge in [-0.2, -0.15) is 9.78 Å². The van der Waals surface area contributed by atoms with Crippen molar-refractivity contribution in [3.05, 3.63) is 39.3 Å². The molecule has 2 aromatic rings. The number of thiophene rings is 1. The van der Waals surface area contributed by atoms with Crippen LogP contribution in [0.25, 0.3) is 0 Å². The molecular formula is C15H20N2OS. The van der Waals surface area contributed by atoms with Gasteiger partial charge in [-0.25, -0.2) is 0 Å². The normalized spacial score (nSPS) is 11.2. The average molecular weight is 276 g/mol. The SMILES string of the molecule is Cc1nn(C(=O)c2cccs2)c(C)c1CCC(C)C. The zero-order valence-electron chi connectivity index (χ0n) is 11.9. The van der Waals surface area contributed by atoms with Crippen LogP contribution in [0.1, 0.15) is 46.9 Å². The summed E-state index contributed by atoms with van der Waals surface area (Å²) in [6.45, 7) is 8.40. The molecule has 0 atom stereocenters. The summed E-state index contributed by atoms with van der Waals surface area (Å²) in [7, 11) is 0. The van der Waals surface area contributed by atoms with Crippen LogP contribution in [-0.2, 0) is 6.42 Å². The van der Waals surface area contributed by atoms with Crippen molar-refractivity contribution >= 4 is 17.2 Å². The van der Waals surface area contributed by atoms with Crippen LogP contribution in [0.2, 0.25) is 0 Å². The molecule has 2 aromatic heterocycles. The highest BCUT2D eigenvalue weighted by atomic mass is 32.1. The Hall–Kier alpha value is -1.42. The molecule has 2 rings (SSSR count). The van der Waals surface area contributed by atoms with E-state index in [0.29, 0.717) is 5.92 Å². The third-order valence-corrected chi connectivity index (χ3v) is 4.20. The average Bonchev–Trinajstić information content (AvgIpc) is 2.96. The molecule has 0 N–H and O–H groups in total. The van der Waals surface area contributed by atoms with Crippen LogP contribution in [0.5, 0.6) is 0 Å². The number of nitrogens with zero attached hydrogens (tertiary/aromatic N) is 2. The van der Waals surface area contributed by atoms with Crippen LogP contribution in [0, 0.1) is 19.8 Å². The van der Waals surface area contributed by atoms with E-state index >= 15 is 0 Å². The second kappa shape index (κ2) is 5.70. The summed E-state index contributed by atoms with van der Waals surface area (Å²) in [5.74, 6) is 0.640. The van der Waals surface area contributed by atoms with Crippen LogP contribution in [0.15, 0.2) is 17.5 Å². The number of carbonyl (C=O) groups excluding carboxylic acids is 1. The molecule has 0 unspecified atom stereocenters. The first-order valence-electron chi connectivity index (χ1n) is 6.64. The molecular weight excluding hydrogens is 256 g/mol. The molecule has 0 fully saturated rings. The maximum absolute atomic E-state index is 12.3. The third-order valence-electron chi connectivity index (χ3n) is 3.34. The van der Waals surface area contributed by atoms with E-state index in [2.05, 4.69) is 18.9 Å². The zero-order valence-corrected chi connectivity index (χ0v) is 12.8. The number of carbonyl (C=O) groups is 1. The topological polar surface area (TPSA) is 34.9 Å². The molecule has 0 aliphatic rings. The van der Waals surface area contributed by atoms with Crippen LogP contribution in [0.4, 0.5) is 0 Å².